The van der Waals surface area contributed by atoms with Crippen LogP contribution in [0, 0.1) is 5.82 Å². The highest BCUT2D eigenvalue weighted by Crippen LogP contribution is 2.27. The molecule has 0 bridgehead atoms. The Kier molecular flexibility index (Phi) is 4.42. The van der Waals surface area contributed by atoms with Crippen LogP contribution in [0.25, 0.3) is 0 Å². The van der Waals surface area contributed by atoms with Crippen LogP contribution in [0.4, 0.5) is 15.8 Å². The van der Waals surface area contributed by atoms with Gasteiger partial charge in [0.05, 0.1) is 5.02 Å². The number of hydrogen-bond acceptors (Lipinski definition) is 3. The van der Waals surface area contributed by atoms with E-state index < -0.39 is 11.7 Å². The number of nitrogens with two attached hydrogens (primary N) is 1. The molecule has 0 aliphatic heterocycles. The van der Waals surface area contributed by atoms with Crippen LogP contribution in [0.2, 0.25) is 5.02 Å². The van der Waals surface area contributed by atoms with Gasteiger partial charge >= 0.3 is 0 Å². The van der Waals surface area contributed by atoms with Gasteiger partial charge in [-0.3, -0.25) is 4.79 Å². The predicted molar refractivity (Wildman–Crippen MR) is 76.4 cm³/mol. The molecule has 0 radical (unpaired) electrons. The zero-order chi connectivity index (χ0) is 14.5. The third-order valence-electron chi connectivity index (χ3n) is 2.44. The first kappa shape index (κ1) is 14.1. The lowest BCUT2D eigenvalue weighted by Crippen LogP contribution is -2.20. The van der Waals surface area contributed by atoms with Crippen molar-refractivity contribution in [2.75, 3.05) is 17.7 Å². The summed E-state index contributed by atoms with van der Waals surface area (Å²) < 4.78 is 18.5. The van der Waals surface area contributed by atoms with Crippen molar-refractivity contribution in [2.45, 2.75) is 0 Å². The maximum atomic E-state index is 13.4. The van der Waals surface area contributed by atoms with Gasteiger partial charge < -0.3 is 15.8 Å². The minimum atomic E-state index is -0.616. The molecule has 0 unspecified atom stereocenters. The summed E-state index contributed by atoms with van der Waals surface area (Å²) in [6.45, 7) is -0.352. The summed E-state index contributed by atoms with van der Waals surface area (Å²) in [6.07, 6.45) is 0. The third kappa shape index (κ3) is 3.61. The summed E-state index contributed by atoms with van der Waals surface area (Å²) in [5.41, 5.74) is 6.66. The molecule has 0 atom stereocenters. The quantitative estimate of drug-likeness (QED) is 0.852. The SMILES string of the molecule is Nc1cccc(NC(=O)COc2c(F)cccc2Cl)c1. The normalized spacial score (nSPS) is 10.1. The zero-order valence-corrected chi connectivity index (χ0v) is 11.2. The third-order valence-corrected chi connectivity index (χ3v) is 2.73. The van der Waals surface area contributed by atoms with E-state index in [1.54, 1.807) is 24.3 Å². The fourth-order valence-corrected chi connectivity index (χ4v) is 1.79. The molecule has 0 saturated carbocycles. The first-order chi connectivity index (χ1) is 9.56. The van der Waals surface area contributed by atoms with Crippen LogP contribution < -0.4 is 15.8 Å². The number of anilines is 2. The zero-order valence-electron chi connectivity index (χ0n) is 10.4. The maximum absolute atomic E-state index is 13.4. The number of nitrogens with one attached hydrogen (secondary N) is 1. The number of rotatable bonds is 4. The van der Waals surface area contributed by atoms with Gasteiger partial charge in [0, 0.05) is 11.4 Å². The summed E-state index contributed by atoms with van der Waals surface area (Å²) in [5, 5.41) is 2.70. The van der Waals surface area contributed by atoms with E-state index >= 15 is 0 Å². The smallest absolute Gasteiger partial charge is 0.262 e. The van der Waals surface area contributed by atoms with Crippen molar-refractivity contribution in [1.29, 1.82) is 0 Å². The van der Waals surface area contributed by atoms with Crippen molar-refractivity contribution in [3.8, 4) is 5.75 Å². The van der Waals surface area contributed by atoms with E-state index in [0.29, 0.717) is 11.4 Å². The molecule has 3 N–H and O–H groups in total. The maximum Gasteiger partial charge on any atom is 0.262 e. The molecule has 0 heterocycles. The summed E-state index contributed by atoms with van der Waals surface area (Å²) in [4.78, 5) is 11.7. The molecule has 0 aliphatic rings. The number of halogens is 2. The highest BCUT2D eigenvalue weighted by atomic mass is 35.5. The molecule has 2 aromatic rings. The largest absolute Gasteiger partial charge is 0.479 e. The number of benzene rings is 2. The molecule has 2 rings (SSSR count). The number of para-hydroxylation sites is 1. The monoisotopic (exact) mass is 294 g/mol. The average Bonchev–Trinajstić information content (AvgIpc) is 2.38. The van der Waals surface area contributed by atoms with E-state index in [4.69, 9.17) is 22.1 Å². The Morgan fingerprint density at radius 1 is 1.30 bits per heavy atom. The lowest BCUT2D eigenvalue weighted by Gasteiger charge is -2.09. The van der Waals surface area contributed by atoms with Gasteiger partial charge in [-0.05, 0) is 30.3 Å². The van der Waals surface area contributed by atoms with Crippen LogP contribution in [-0.4, -0.2) is 12.5 Å². The second-order valence-electron chi connectivity index (χ2n) is 4.01. The molecule has 2 aromatic carbocycles. The Bertz CT molecular complexity index is 614. The molecule has 6 heteroatoms. The Hall–Kier alpha value is -2.27. The number of ether oxygens (including phenoxy) is 1. The van der Waals surface area contributed by atoms with Gasteiger partial charge in [0.1, 0.15) is 0 Å². The minimum Gasteiger partial charge on any atom is -0.479 e. The second-order valence-corrected chi connectivity index (χ2v) is 4.42. The van der Waals surface area contributed by atoms with Gasteiger partial charge in [-0.1, -0.05) is 23.7 Å². The van der Waals surface area contributed by atoms with Crippen molar-refractivity contribution >= 4 is 28.9 Å². The van der Waals surface area contributed by atoms with Gasteiger partial charge in [-0.2, -0.15) is 0 Å². The second kappa shape index (κ2) is 6.25. The molecule has 104 valence electrons. The number of nitrogen functional groups attached to an aromatic ring is 1. The molecule has 4 nitrogen and oxygen atoms in total. The molecule has 0 fully saturated rings. The highest BCUT2D eigenvalue weighted by molar-refractivity contribution is 6.32. The molecule has 1 amide bonds. The topological polar surface area (TPSA) is 64.3 Å². The van der Waals surface area contributed by atoms with Crippen LogP contribution in [0.1, 0.15) is 0 Å². The standard InChI is InChI=1S/C14H12ClFN2O2/c15-11-5-2-6-12(16)14(11)20-8-13(19)18-10-4-1-3-9(17)7-10/h1-7H,8,17H2,(H,18,19). The Morgan fingerprint density at radius 3 is 2.75 bits per heavy atom. The van der Waals surface area contributed by atoms with Gasteiger partial charge in [-0.25, -0.2) is 4.39 Å². The number of carbonyl (C=O) groups excluding carboxylic acids is 1. The van der Waals surface area contributed by atoms with Crippen LogP contribution in [-0.2, 0) is 4.79 Å². The molecular formula is C14H12ClFN2O2. The summed E-state index contributed by atoms with van der Waals surface area (Å²) in [5.74, 6) is -1.19. The molecule has 20 heavy (non-hydrogen) atoms. The summed E-state index contributed by atoms with van der Waals surface area (Å²) in [7, 11) is 0. The molecule has 0 spiro atoms. The van der Waals surface area contributed by atoms with E-state index in [2.05, 4.69) is 5.32 Å². The van der Waals surface area contributed by atoms with Crippen molar-refractivity contribution in [3.05, 3.63) is 53.3 Å². The van der Waals surface area contributed by atoms with Crippen molar-refractivity contribution in [2.24, 2.45) is 0 Å². The molecular weight excluding hydrogens is 283 g/mol. The Balaban J connectivity index is 1.96. The predicted octanol–water partition coefficient (Wildman–Crippen LogP) is 3.08. The highest BCUT2D eigenvalue weighted by Gasteiger charge is 2.10. The van der Waals surface area contributed by atoms with Crippen LogP contribution in [0.5, 0.6) is 5.75 Å². The fraction of sp³-hybridized carbons (Fsp3) is 0.0714. The van der Waals surface area contributed by atoms with E-state index in [0.717, 1.165) is 0 Å². The van der Waals surface area contributed by atoms with Gasteiger partial charge in [0.15, 0.2) is 18.2 Å². The molecule has 0 saturated heterocycles. The first-order valence-electron chi connectivity index (χ1n) is 5.78. The Labute approximate surface area is 120 Å². The number of amides is 1. The number of carbonyl (C=O) groups is 1. The van der Waals surface area contributed by atoms with Gasteiger partial charge in [0.2, 0.25) is 0 Å². The molecule has 0 aromatic heterocycles. The summed E-state index contributed by atoms with van der Waals surface area (Å²) >= 11 is 5.78. The van der Waals surface area contributed by atoms with E-state index in [1.165, 1.54) is 18.2 Å². The van der Waals surface area contributed by atoms with Crippen LogP contribution >= 0.6 is 11.6 Å². The minimum absolute atomic E-state index is 0.113. The van der Waals surface area contributed by atoms with Crippen molar-refractivity contribution in [1.82, 2.24) is 0 Å². The lowest BCUT2D eigenvalue weighted by molar-refractivity contribution is -0.118. The van der Waals surface area contributed by atoms with E-state index in [1.807, 2.05) is 0 Å². The number of hydrogen-bond donors (Lipinski definition) is 2. The van der Waals surface area contributed by atoms with E-state index in [9.17, 15) is 9.18 Å². The summed E-state index contributed by atoms with van der Waals surface area (Å²) in [6, 6.07) is 10.8. The lowest BCUT2D eigenvalue weighted by atomic mass is 10.3. The fourth-order valence-electron chi connectivity index (χ4n) is 1.57. The average molecular weight is 295 g/mol. The molecule has 0 aliphatic carbocycles. The first-order valence-corrected chi connectivity index (χ1v) is 6.16. The van der Waals surface area contributed by atoms with Crippen LogP contribution in [0.15, 0.2) is 42.5 Å². The van der Waals surface area contributed by atoms with Crippen LogP contribution in [0.3, 0.4) is 0 Å². The van der Waals surface area contributed by atoms with Gasteiger partial charge in [0.25, 0.3) is 5.91 Å². The van der Waals surface area contributed by atoms with Crippen molar-refractivity contribution in [3.63, 3.8) is 0 Å². The Morgan fingerprint density at radius 2 is 2.05 bits per heavy atom. The van der Waals surface area contributed by atoms with E-state index in [-0.39, 0.29) is 17.4 Å². The van der Waals surface area contributed by atoms with Crippen molar-refractivity contribution < 1.29 is 13.9 Å². The van der Waals surface area contributed by atoms with Gasteiger partial charge in [-0.15, -0.1) is 0 Å².